The van der Waals surface area contributed by atoms with Crippen molar-refractivity contribution in [2.75, 3.05) is 0 Å². The summed E-state index contributed by atoms with van der Waals surface area (Å²) in [6.45, 7) is 2.52. The Hall–Kier alpha value is -1.47. The molecule has 0 aromatic heterocycles. The summed E-state index contributed by atoms with van der Waals surface area (Å²) in [5.74, 6) is -2.69. The quantitative estimate of drug-likeness (QED) is 0.801. The van der Waals surface area contributed by atoms with Gasteiger partial charge in [-0.25, -0.2) is 4.79 Å². The highest BCUT2D eigenvalue weighted by molar-refractivity contribution is 6.35. The third-order valence-electron chi connectivity index (χ3n) is 2.49. The Kier molecular flexibility index (Phi) is 9.67. The molecule has 0 radical (unpaired) electrons. The van der Waals surface area contributed by atoms with E-state index in [0.717, 1.165) is 18.4 Å². The number of hydrogen-bond donors (Lipinski definition) is 2. The van der Waals surface area contributed by atoms with Crippen LogP contribution in [0.25, 0.3) is 0 Å². The van der Waals surface area contributed by atoms with Crippen molar-refractivity contribution in [1.82, 2.24) is 5.32 Å². The molecule has 0 saturated carbocycles. The predicted molar refractivity (Wildman–Crippen MR) is 81.5 cm³/mol. The SMILES string of the molecule is CCCCC(=O)NCc1ccc(Cl)cc1Cl.O=C(O)C(F)(F)F. The third kappa shape index (κ3) is 10.0. The van der Waals surface area contributed by atoms with Crippen molar-refractivity contribution in [1.29, 1.82) is 0 Å². The minimum Gasteiger partial charge on any atom is -0.475 e. The van der Waals surface area contributed by atoms with E-state index in [1.807, 2.05) is 6.07 Å². The van der Waals surface area contributed by atoms with Crippen LogP contribution in [0, 0.1) is 0 Å². The Morgan fingerprint density at radius 1 is 1.26 bits per heavy atom. The van der Waals surface area contributed by atoms with Gasteiger partial charge in [-0.1, -0.05) is 42.6 Å². The van der Waals surface area contributed by atoms with Crippen LogP contribution < -0.4 is 5.32 Å². The second kappa shape index (κ2) is 10.3. The molecule has 0 atom stereocenters. The van der Waals surface area contributed by atoms with Gasteiger partial charge < -0.3 is 10.4 Å². The fourth-order valence-electron chi connectivity index (χ4n) is 1.28. The largest absolute Gasteiger partial charge is 0.490 e. The number of carbonyl (C=O) groups is 2. The second-order valence-corrected chi connectivity index (χ2v) is 5.26. The molecule has 0 fully saturated rings. The lowest BCUT2D eigenvalue weighted by molar-refractivity contribution is -0.192. The highest BCUT2D eigenvalue weighted by atomic mass is 35.5. The van der Waals surface area contributed by atoms with E-state index in [9.17, 15) is 18.0 Å². The molecule has 0 aliphatic rings. The van der Waals surface area contributed by atoms with Crippen molar-refractivity contribution in [3.05, 3.63) is 33.8 Å². The lowest BCUT2D eigenvalue weighted by Crippen LogP contribution is -2.22. The monoisotopic (exact) mass is 373 g/mol. The van der Waals surface area contributed by atoms with Gasteiger partial charge in [-0.2, -0.15) is 13.2 Å². The molecule has 0 spiro atoms. The van der Waals surface area contributed by atoms with Crippen LogP contribution in [0.1, 0.15) is 31.7 Å². The van der Waals surface area contributed by atoms with Crippen LogP contribution in [0.15, 0.2) is 18.2 Å². The maximum Gasteiger partial charge on any atom is 0.490 e. The zero-order valence-corrected chi connectivity index (χ0v) is 13.7. The average molecular weight is 374 g/mol. The first-order chi connectivity index (χ1) is 10.6. The highest BCUT2D eigenvalue weighted by Gasteiger charge is 2.38. The molecule has 0 aliphatic carbocycles. The van der Waals surface area contributed by atoms with Gasteiger partial charge in [-0.05, 0) is 24.1 Å². The molecule has 0 saturated heterocycles. The van der Waals surface area contributed by atoms with Crippen molar-refractivity contribution in [2.45, 2.75) is 38.9 Å². The van der Waals surface area contributed by atoms with Crippen LogP contribution in [-0.4, -0.2) is 23.2 Å². The summed E-state index contributed by atoms with van der Waals surface area (Å²) in [7, 11) is 0. The number of hydrogen-bond acceptors (Lipinski definition) is 2. The van der Waals surface area contributed by atoms with Gasteiger partial charge in [0.15, 0.2) is 0 Å². The molecule has 0 unspecified atom stereocenters. The first-order valence-electron chi connectivity index (χ1n) is 6.58. The summed E-state index contributed by atoms with van der Waals surface area (Å²) < 4.78 is 31.7. The number of rotatable bonds is 5. The Balaban J connectivity index is 0.000000585. The molecule has 9 heteroatoms. The number of nitrogens with one attached hydrogen (secondary N) is 1. The maximum atomic E-state index is 11.4. The van der Waals surface area contributed by atoms with Gasteiger partial charge in [0.2, 0.25) is 5.91 Å². The fourth-order valence-corrected chi connectivity index (χ4v) is 1.76. The van der Waals surface area contributed by atoms with Gasteiger partial charge in [0, 0.05) is 23.0 Å². The van der Waals surface area contributed by atoms with Crippen molar-refractivity contribution in [3.8, 4) is 0 Å². The molecule has 1 amide bonds. The molecule has 4 nitrogen and oxygen atoms in total. The number of carbonyl (C=O) groups excluding carboxylic acids is 1. The minimum absolute atomic E-state index is 0.0628. The van der Waals surface area contributed by atoms with E-state index in [-0.39, 0.29) is 5.91 Å². The molecule has 130 valence electrons. The van der Waals surface area contributed by atoms with E-state index in [2.05, 4.69) is 12.2 Å². The Labute approximate surface area is 141 Å². The number of amides is 1. The minimum atomic E-state index is -5.08. The lowest BCUT2D eigenvalue weighted by atomic mass is 10.2. The van der Waals surface area contributed by atoms with E-state index in [1.165, 1.54) is 0 Å². The number of benzene rings is 1. The maximum absolute atomic E-state index is 11.4. The molecule has 2 N–H and O–H groups in total. The summed E-state index contributed by atoms with van der Waals surface area (Å²) in [6.07, 6.45) is -2.57. The predicted octanol–water partition coefficient (Wildman–Crippen LogP) is 4.43. The topological polar surface area (TPSA) is 66.4 Å². The van der Waals surface area contributed by atoms with Crippen LogP contribution in [-0.2, 0) is 16.1 Å². The summed E-state index contributed by atoms with van der Waals surface area (Å²) >= 11 is 11.8. The van der Waals surface area contributed by atoms with E-state index in [4.69, 9.17) is 33.1 Å². The average Bonchev–Trinajstić information content (AvgIpc) is 2.43. The van der Waals surface area contributed by atoms with Crippen molar-refractivity contribution in [3.63, 3.8) is 0 Å². The smallest absolute Gasteiger partial charge is 0.475 e. The standard InChI is InChI=1S/C12H15Cl2NO.C2HF3O2/c1-2-3-4-12(16)15-8-9-5-6-10(13)7-11(9)14;3-2(4,5)1(6)7/h5-7H,2-4,8H2,1H3,(H,15,16);(H,6,7). The molecular weight excluding hydrogens is 358 g/mol. The van der Waals surface area contributed by atoms with Gasteiger partial charge in [0.25, 0.3) is 0 Å². The zero-order valence-electron chi connectivity index (χ0n) is 12.2. The first-order valence-corrected chi connectivity index (χ1v) is 7.34. The Morgan fingerprint density at radius 2 is 1.83 bits per heavy atom. The molecular formula is C14H16Cl2F3NO3. The van der Waals surface area contributed by atoms with Crippen LogP contribution in [0.2, 0.25) is 10.0 Å². The van der Waals surface area contributed by atoms with Crippen LogP contribution in [0.4, 0.5) is 13.2 Å². The second-order valence-electron chi connectivity index (χ2n) is 4.42. The van der Waals surface area contributed by atoms with E-state index in [1.54, 1.807) is 12.1 Å². The molecule has 23 heavy (non-hydrogen) atoms. The van der Waals surface area contributed by atoms with Crippen LogP contribution >= 0.6 is 23.2 Å². The first kappa shape index (κ1) is 21.5. The van der Waals surface area contributed by atoms with Gasteiger partial charge >= 0.3 is 12.1 Å². The van der Waals surface area contributed by atoms with E-state index in [0.29, 0.717) is 23.0 Å². The summed E-state index contributed by atoms with van der Waals surface area (Å²) in [4.78, 5) is 20.3. The lowest BCUT2D eigenvalue weighted by Gasteiger charge is -2.06. The Morgan fingerprint density at radius 3 is 2.26 bits per heavy atom. The highest BCUT2D eigenvalue weighted by Crippen LogP contribution is 2.20. The van der Waals surface area contributed by atoms with Crippen LogP contribution in [0.5, 0.6) is 0 Å². The number of carboxylic acid groups (broad SMARTS) is 1. The van der Waals surface area contributed by atoms with Gasteiger partial charge in [-0.3, -0.25) is 4.79 Å². The van der Waals surface area contributed by atoms with E-state index >= 15 is 0 Å². The number of alkyl halides is 3. The van der Waals surface area contributed by atoms with Crippen molar-refractivity contribution in [2.24, 2.45) is 0 Å². The zero-order chi connectivity index (χ0) is 18.0. The van der Waals surface area contributed by atoms with Gasteiger partial charge in [0.05, 0.1) is 0 Å². The number of unbranched alkanes of at least 4 members (excludes halogenated alkanes) is 1. The molecule has 1 rings (SSSR count). The van der Waals surface area contributed by atoms with Crippen molar-refractivity contribution >= 4 is 35.1 Å². The number of halogens is 5. The molecule has 0 heterocycles. The van der Waals surface area contributed by atoms with Gasteiger partial charge in [-0.15, -0.1) is 0 Å². The molecule has 0 aliphatic heterocycles. The Bertz CT molecular complexity index is 536. The third-order valence-corrected chi connectivity index (χ3v) is 3.08. The summed E-state index contributed by atoms with van der Waals surface area (Å²) in [6, 6.07) is 5.27. The van der Waals surface area contributed by atoms with E-state index < -0.39 is 12.1 Å². The summed E-state index contributed by atoms with van der Waals surface area (Å²) in [5, 5.41) is 11.1. The number of aliphatic carboxylic acids is 1. The molecule has 1 aromatic carbocycles. The normalized spacial score (nSPS) is 10.5. The van der Waals surface area contributed by atoms with Crippen LogP contribution in [0.3, 0.4) is 0 Å². The number of carboxylic acids is 1. The molecule has 1 aromatic rings. The fraction of sp³-hybridized carbons (Fsp3) is 0.429. The van der Waals surface area contributed by atoms with Gasteiger partial charge in [0.1, 0.15) is 0 Å². The summed E-state index contributed by atoms with van der Waals surface area (Å²) in [5.41, 5.74) is 0.885. The molecule has 0 bridgehead atoms. The van der Waals surface area contributed by atoms with Crippen molar-refractivity contribution < 1.29 is 27.9 Å².